The van der Waals surface area contributed by atoms with Crippen molar-refractivity contribution in [2.75, 3.05) is 34.3 Å². The van der Waals surface area contributed by atoms with Gasteiger partial charge in [0.15, 0.2) is 0 Å². The first-order chi connectivity index (χ1) is 12.6. The average molecular weight is 354 g/mol. The molecule has 2 aromatic carbocycles. The van der Waals surface area contributed by atoms with E-state index in [4.69, 9.17) is 4.74 Å². The highest BCUT2D eigenvalue weighted by atomic mass is 16.5. The second kappa shape index (κ2) is 8.67. The predicted octanol–water partition coefficient (Wildman–Crippen LogP) is 2.66. The molecule has 0 aromatic heterocycles. The van der Waals surface area contributed by atoms with Gasteiger partial charge in [0, 0.05) is 31.6 Å². The van der Waals surface area contributed by atoms with Crippen molar-refractivity contribution in [2.24, 2.45) is 5.92 Å². The van der Waals surface area contributed by atoms with Crippen molar-refractivity contribution in [3.63, 3.8) is 0 Å². The van der Waals surface area contributed by atoms with Crippen LogP contribution in [0.25, 0.3) is 0 Å². The van der Waals surface area contributed by atoms with Crippen molar-refractivity contribution < 1.29 is 9.84 Å². The van der Waals surface area contributed by atoms with Crippen LogP contribution < -0.4 is 4.74 Å². The van der Waals surface area contributed by atoms with Gasteiger partial charge in [0.05, 0.1) is 13.2 Å². The maximum absolute atomic E-state index is 11.0. The first-order valence-electron chi connectivity index (χ1n) is 9.30. The smallest absolute Gasteiger partial charge is 0.118 e. The summed E-state index contributed by atoms with van der Waals surface area (Å²) in [5.41, 5.74) is 2.53. The molecule has 3 unspecified atom stereocenters. The maximum Gasteiger partial charge on any atom is 0.118 e. The lowest BCUT2D eigenvalue weighted by Crippen LogP contribution is -2.37. The SMILES string of the molecule is COc1ccc(CC2C(O)C(CN(C)C)CN2Cc2ccccc2)cc1. The van der Waals surface area contributed by atoms with Gasteiger partial charge >= 0.3 is 0 Å². The quantitative estimate of drug-likeness (QED) is 0.829. The largest absolute Gasteiger partial charge is 0.497 e. The van der Waals surface area contributed by atoms with Crippen molar-refractivity contribution in [2.45, 2.75) is 25.1 Å². The number of methoxy groups -OCH3 is 1. The Bertz CT molecular complexity index is 672. The number of hydrogen-bond acceptors (Lipinski definition) is 4. The molecule has 2 aromatic rings. The molecule has 26 heavy (non-hydrogen) atoms. The number of rotatable bonds is 7. The van der Waals surface area contributed by atoms with Crippen LogP contribution in [-0.2, 0) is 13.0 Å². The molecule has 0 aliphatic carbocycles. The predicted molar refractivity (Wildman–Crippen MR) is 105 cm³/mol. The van der Waals surface area contributed by atoms with Gasteiger partial charge in [-0.2, -0.15) is 0 Å². The lowest BCUT2D eigenvalue weighted by molar-refractivity contribution is 0.0845. The third-order valence-electron chi connectivity index (χ3n) is 5.25. The summed E-state index contributed by atoms with van der Waals surface area (Å²) >= 11 is 0. The van der Waals surface area contributed by atoms with E-state index in [1.54, 1.807) is 7.11 Å². The summed E-state index contributed by atoms with van der Waals surface area (Å²) in [5.74, 6) is 1.14. The zero-order valence-corrected chi connectivity index (χ0v) is 16.0. The molecule has 0 bridgehead atoms. The number of aliphatic hydroxyl groups is 1. The number of aliphatic hydroxyl groups excluding tert-OH is 1. The Balaban J connectivity index is 1.76. The summed E-state index contributed by atoms with van der Waals surface area (Å²) < 4.78 is 5.26. The molecule has 4 nitrogen and oxygen atoms in total. The van der Waals surface area contributed by atoms with E-state index in [2.05, 4.69) is 60.3 Å². The van der Waals surface area contributed by atoms with Gasteiger partial charge in [-0.25, -0.2) is 0 Å². The van der Waals surface area contributed by atoms with Crippen LogP contribution in [0.1, 0.15) is 11.1 Å². The first-order valence-corrected chi connectivity index (χ1v) is 9.30. The molecule has 1 saturated heterocycles. The second-order valence-electron chi connectivity index (χ2n) is 7.55. The molecule has 0 radical (unpaired) electrons. The molecule has 140 valence electrons. The lowest BCUT2D eigenvalue weighted by atomic mass is 9.96. The Hall–Kier alpha value is -1.88. The number of ether oxygens (including phenoxy) is 1. The van der Waals surface area contributed by atoms with Crippen LogP contribution in [0.3, 0.4) is 0 Å². The van der Waals surface area contributed by atoms with Crippen LogP contribution in [0.5, 0.6) is 5.75 Å². The van der Waals surface area contributed by atoms with E-state index in [1.807, 2.05) is 18.2 Å². The fraction of sp³-hybridized carbons (Fsp3) is 0.455. The monoisotopic (exact) mass is 354 g/mol. The van der Waals surface area contributed by atoms with Crippen LogP contribution in [0.15, 0.2) is 54.6 Å². The number of nitrogens with zero attached hydrogens (tertiary/aromatic N) is 2. The molecule has 0 spiro atoms. The average Bonchev–Trinajstić information content (AvgIpc) is 2.91. The van der Waals surface area contributed by atoms with Gasteiger partial charge in [0.1, 0.15) is 5.75 Å². The standard InChI is InChI=1S/C22H30N2O2/c1-23(2)15-19-16-24(14-18-7-5-4-6-8-18)21(22(19)25)13-17-9-11-20(26-3)12-10-17/h4-12,19,21-22,25H,13-16H2,1-3H3. The highest BCUT2D eigenvalue weighted by molar-refractivity contribution is 5.28. The van der Waals surface area contributed by atoms with Crippen LogP contribution in [0, 0.1) is 5.92 Å². The summed E-state index contributed by atoms with van der Waals surface area (Å²) in [4.78, 5) is 4.61. The Morgan fingerprint density at radius 3 is 2.35 bits per heavy atom. The highest BCUT2D eigenvalue weighted by Crippen LogP contribution is 2.29. The third kappa shape index (κ3) is 4.64. The Morgan fingerprint density at radius 1 is 1.04 bits per heavy atom. The molecule has 1 heterocycles. The minimum Gasteiger partial charge on any atom is -0.497 e. The molecule has 1 aliphatic rings. The van der Waals surface area contributed by atoms with E-state index in [0.29, 0.717) is 0 Å². The summed E-state index contributed by atoms with van der Waals surface area (Å²) in [6, 6.07) is 18.9. The lowest BCUT2D eigenvalue weighted by Gasteiger charge is -2.26. The van der Waals surface area contributed by atoms with Crippen molar-refractivity contribution in [1.82, 2.24) is 9.80 Å². The van der Waals surface area contributed by atoms with Crippen molar-refractivity contribution >= 4 is 0 Å². The van der Waals surface area contributed by atoms with Crippen LogP contribution in [-0.4, -0.2) is 61.3 Å². The molecular formula is C22H30N2O2. The van der Waals surface area contributed by atoms with Crippen molar-refractivity contribution in [3.8, 4) is 5.75 Å². The summed E-state index contributed by atoms with van der Waals surface area (Å²) in [7, 11) is 5.83. The fourth-order valence-corrected chi connectivity index (χ4v) is 3.96. The highest BCUT2D eigenvalue weighted by Gasteiger charge is 2.40. The third-order valence-corrected chi connectivity index (χ3v) is 5.25. The molecule has 1 N–H and O–H groups in total. The van der Waals surface area contributed by atoms with Gasteiger partial charge in [-0.1, -0.05) is 42.5 Å². The van der Waals surface area contributed by atoms with E-state index in [0.717, 1.165) is 31.8 Å². The molecule has 0 amide bonds. The van der Waals surface area contributed by atoms with Gasteiger partial charge in [-0.3, -0.25) is 4.90 Å². The number of benzene rings is 2. The molecule has 3 rings (SSSR count). The van der Waals surface area contributed by atoms with Crippen LogP contribution in [0.4, 0.5) is 0 Å². The summed E-state index contributed by atoms with van der Waals surface area (Å²) in [5, 5.41) is 11.0. The molecular weight excluding hydrogens is 324 g/mol. The van der Waals surface area contributed by atoms with Gasteiger partial charge < -0.3 is 14.7 Å². The number of likely N-dealkylation sites (tertiary alicyclic amines) is 1. The number of hydrogen-bond donors (Lipinski definition) is 1. The summed E-state index contributed by atoms with van der Waals surface area (Å²) in [6.07, 6.45) is 0.533. The van der Waals surface area contributed by atoms with Crippen molar-refractivity contribution in [3.05, 3.63) is 65.7 Å². The zero-order chi connectivity index (χ0) is 18.5. The first kappa shape index (κ1) is 18.9. The second-order valence-corrected chi connectivity index (χ2v) is 7.55. The van der Waals surface area contributed by atoms with Gasteiger partial charge in [-0.15, -0.1) is 0 Å². The molecule has 3 atom stereocenters. The van der Waals surface area contributed by atoms with Gasteiger partial charge in [0.2, 0.25) is 0 Å². The summed E-state index contributed by atoms with van der Waals surface area (Å²) in [6.45, 7) is 2.71. The van der Waals surface area contributed by atoms with Gasteiger partial charge in [-0.05, 0) is 43.8 Å². The van der Waals surface area contributed by atoms with Crippen LogP contribution in [0.2, 0.25) is 0 Å². The molecule has 0 saturated carbocycles. The van der Waals surface area contributed by atoms with E-state index in [9.17, 15) is 5.11 Å². The van der Waals surface area contributed by atoms with E-state index in [-0.39, 0.29) is 18.1 Å². The zero-order valence-electron chi connectivity index (χ0n) is 16.0. The Morgan fingerprint density at radius 2 is 1.73 bits per heavy atom. The minimum absolute atomic E-state index is 0.133. The topological polar surface area (TPSA) is 35.9 Å². The van der Waals surface area contributed by atoms with Crippen molar-refractivity contribution in [1.29, 1.82) is 0 Å². The molecule has 1 fully saturated rings. The molecule has 1 aliphatic heterocycles. The Labute approximate surface area is 157 Å². The maximum atomic E-state index is 11.0. The molecule has 4 heteroatoms. The fourth-order valence-electron chi connectivity index (χ4n) is 3.96. The Kier molecular flexibility index (Phi) is 6.30. The normalized spacial score (nSPS) is 23.5. The van der Waals surface area contributed by atoms with Gasteiger partial charge in [0.25, 0.3) is 0 Å². The minimum atomic E-state index is -0.316. The van der Waals surface area contributed by atoms with E-state index < -0.39 is 0 Å². The van der Waals surface area contributed by atoms with E-state index >= 15 is 0 Å². The van der Waals surface area contributed by atoms with Crippen LogP contribution >= 0.6 is 0 Å². The van der Waals surface area contributed by atoms with E-state index in [1.165, 1.54) is 11.1 Å².